The van der Waals surface area contributed by atoms with E-state index in [0.717, 1.165) is 12.2 Å². The van der Waals surface area contributed by atoms with Gasteiger partial charge in [0.05, 0.1) is 10.7 Å². The van der Waals surface area contributed by atoms with Crippen LogP contribution in [-0.4, -0.2) is 17.4 Å². The summed E-state index contributed by atoms with van der Waals surface area (Å²) < 4.78 is 0. The largest absolute Gasteiger partial charge is 0.325 e. The molecule has 3 aromatic carbocycles. The van der Waals surface area contributed by atoms with Crippen molar-refractivity contribution in [3.05, 3.63) is 94.0 Å². The zero-order chi connectivity index (χ0) is 20.6. The van der Waals surface area contributed by atoms with Crippen LogP contribution in [0.1, 0.15) is 28.8 Å². The molecule has 6 heteroatoms. The van der Waals surface area contributed by atoms with Gasteiger partial charge in [-0.05, 0) is 54.6 Å². The fraction of sp³-hybridized carbons (Fsp3) is 0.130. The summed E-state index contributed by atoms with van der Waals surface area (Å²) >= 11 is 14.0. The summed E-state index contributed by atoms with van der Waals surface area (Å²) in [4.78, 5) is 26.5. The number of carbonyl (C=O) groups excluding carboxylic acids is 2. The molecule has 1 amide bonds. The Labute approximate surface area is 184 Å². The average molecular weight is 444 g/mol. The van der Waals surface area contributed by atoms with E-state index < -0.39 is 0 Å². The maximum absolute atomic E-state index is 12.9. The molecule has 3 nitrogen and oxygen atoms in total. The number of anilines is 1. The first-order chi connectivity index (χ1) is 14.0. The maximum Gasteiger partial charge on any atom is 0.224 e. The third-order valence-electron chi connectivity index (χ3n) is 4.18. The van der Waals surface area contributed by atoms with Gasteiger partial charge in [0.1, 0.15) is 0 Å². The molecule has 0 aliphatic rings. The van der Waals surface area contributed by atoms with E-state index in [1.165, 1.54) is 4.90 Å². The van der Waals surface area contributed by atoms with Crippen LogP contribution in [0.25, 0.3) is 0 Å². The summed E-state index contributed by atoms with van der Waals surface area (Å²) in [5.41, 5.74) is 1.11. The normalized spacial score (nSPS) is 10.6. The van der Waals surface area contributed by atoms with E-state index in [-0.39, 0.29) is 11.7 Å². The number of hydrogen-bond donors (Lipinski definition) is 1. The van der Waals surface area contributed by atoms with Crippen molar-refractivity contribution < 1.29 is 9.59 Å². The number of ketones is 1. The molecular formula is C23H19Cl2NO2S. The van der Waals surface area contributed by atoms with Crippen LogP contribution in [0, 0.1) is 0 Å². The van der Waals surface area contributed by atoms with Crippen LogP contribution < -0.4 is 5.32 Å². The number of thioether (sulfide) groups is 1. The predicted octanol–water partition coefficient (Wildman–Crippen LogP) is 6.74. The second-order valence-electron chi connectivity index (χ2n) is 6.31. The molecule has 3 rings (SSSR count). The summed E-state index contributed by atoms with van der Waals surface area (Å²) in [6.45, 7) is 0. The van der Waals surface area contributed by atoms with Crippen molar-refractivity contribution in [3.63, 3.8) is 0 Å². The summed E-state index contributed by atoms with van der Waals surface area (Å²) in [6.07, 6.45) is 1.09. The molecule has 0 aliphatic carbocycles. The number of halogens is 2. The summed E-state index contributed by atoms with van der Waals surface area (Å²) in [7, 11) is 0. The van der Waals surface area contributed by atoms with Gasteiger partial charge in [0.25, 0.3) is 0 Å². The molecular weight excluding hydrogens is 425 g/mol. The van der Waals surface area contributed by atoms with E-state index in [1.807, 2.05) is 30.3 Å². The molecule has 0 aliphatic heterocycles. The molecule has 29 heavy (non-hydrogen) atoms. The van der Waals surface area contributed by atoms with Crippen molar-refractivity contribution >= 4 is 52.3 Å². The van der Waals surface area contributed by atoms with E-state index in [1.54, 1.807) is 54.2 Å². The molecule has 0 saturated carbocycles. The van der Waals surface area contributed by atoms with Crippen molar-refractivity contribution in [2.75, 3.05) is 11.1 Å². The van der Waals surface area contributed by atoms with Gasteiger partial charge in [-0.15, -0.1) is 11.8 Å². The van der Waals surface area contributed by atoms with Crippen LogP contribution in [-0.2, 0) is 4.79 Å². The highest BCUT2D eigenvalue weighted by Crippen LogP contribution is 2.27. The fourth-order valence-electron chi connectivity index (χ4n) is 2.76. The van der Waals surface area contributed by atoms with Crippen LogP contribution >= 0.6 is 35.0 Å². The first kappa shape index (κ1) is 21.4. The van der Waals surface area contributed by atoms with E-state index in [0.29, 0.717) is 33.3 Å². The molecule has 0 saturated heterocycles. The van der Waals surface area contributed by atoms with Gasteiger partial charge in [-0.3, -0.25) is 9.59 Å². The van der Waals surface area contributed by atoms with Crippen molar-refractivity contribution in [2.45, 2.75) is 17.7 Å². The first-order valence-electron chi connectivity index (χ1n) is 9.11. The Morgan fingerprint density at radius 3 is 2.34 bits per heavy atom. The lowest BCUT2D eigenvalue weighted by Crippen LogP contribution is -2.15. The molecule has 0 bridgehead atoms. The lowest BCUT2D eigenvalue weighted by atomic mass is 10.0. The van der Waals surface area contributed by atoms with Gasteiger partial charge < -0.3 is 5.32 Å². The van der Waals surface area contributed by atoms with Gasteiger partial charge >= 0.3 is 0 Å². The monoisotopic (exact) mass is 443 g/mol. The van der Waals surface area contributed by atoms with Crippen molar-refractivity contribution in [2.24, 2.45) is 0 Å². The van der Waals surface area contributed by atoms with Gasteiger partial charge in [0.15, 0.2) is 5.78 Å². The highest BCUT2D eigenvalue weighted by Gasteiger charge is 2.18. The second-order valence-corrected chi connectivity index (χ2v) is 8.32. The van der Waals surface area contributed by atoms with E-state index >= 15 is 0 Å². The summed E-state index contributed by atoms with van der Waals surface area (Å²) in [5, 5.41) is 3.60. The minimum atomic E-state index is -0.284. The third-order valence-corrected chi connectivity index (χ3v) is 5.84. The minimum absolute atomic E-state index is 0.144. The Balaban J connectivity index is 1.64. The molecule has 3 aromatic rings. The Bertz CT molecular complexity index is 1010. The van der Waals surface area contributed by atoms with Gasteiger partial charge in [-0.1, -0.05) is 53.5 Å². The number of benzene rings is 3. The number of nitrogens with one attached hydrogen (secondary N) is 1. The van der Waals surface area contributed by atoms with E-state index in [4.69, 9.17) is 23.2 Å². The van der Waals surface area contributed by atoms with Gasteiger partial charge in [-0.2, -0.15) is 0 Å². The molecule has 0 radical (unpaired) electrons. The Morgan fingerprint density at radius 1 is 0.862 bits per heavy atom. The molecule has 0 spiro atoms. The lowest BCUT2D eigenvalue weighted by Gasteiger charge is -2.12. The standard InChI is InChI=1S/C23H19Cl2NO2S/c24-16-12-13-21(19(15-16)23(28)18-9-4-5-10-20(18)25)26-22(27)11-6-14-29-17-7-2-1-3-8-17/h1-5,7-10,12-13,15H,6,11,14H2,(H,26,27). The van der Waals surface area contributed by atoms with Crippen LogP contribution in [0.4, 0.5) is 5.69 Å². The van der Waals surface area contributed by atoms with Crippen molar-refractivity contribution in [1.82, 2.24) is 0 Å². The molecule has 0 atom stereocenters. The smallest absolute Gasteiger partial charge is 0.224 e. The molecule has 1 N–H and O–H groups in total. The zero-order valence-electron chi connectivity index (χ0n) is 15.5. The Kier molecular flexibility index (Phi) is 7.76. The van der Waals surface area contributed by atoms with Crippen LogP contribution in [0.5, 0.6) is 0 Å². The average Bonchev–Trinajstić information content (AvgIpc) is 2.73. The SMILES string of the molecule is O=C(CCCSc1ccccc1)Nc1ccc(Cl)cc1C(=O)c1ccccc1Cl. The molecule has 148 valence electrons. The topological polar surface area (TPSA) is 46.2 Å². The molecule has 0 aromatic heterocycles. The fourth-order valence-corrected chi connectivity index (χ4v) is 4.02. The van der Waals surface area contributed by atoms with Gasteiger partial charge in [-0.25, -0.2) is 0 Å². The third kappa shape index (κ3) is 6.10. The molecule has 0 unspecified atom stereocenters. The van der Waals surface area contributed by atoms with Crippen LogP contribution in [0.2, 0.25) is 10.0 Å². The first-order valence-corrected chi connectivity index (χ1v) is 10.9. The molecule has 0 fully saturated rings. The van der Waals surface area contributed by atoms with Crippen LogP contribution in [0.15, 0.2) is 77.7 Å². The summed E-state index contributed by atoms with van der Waals surface area (Å²) in [5.74, 6) is 0.408. The number of rotatable bonds is 8. The summed E-state index contributed by atoms with van der Waals surface area (Å²) in [6, 6.07) is 21.7. The predicted molar refractivity (Wildman–Crippen MR) is 121 cm³/mol. The number of carbonyl (C=O) groups is 2. The minimum Gasteiger partial charge on any atom is -0.325 e. The highest BCUT2D eigenvalue weighted by molar-refractivity contribution is 7.99. The molecule has 0 heterocycles. The maximum atomic E-state index is 12.9. The van der Waals surface area contributed by atoms with Gasteiger partial charge in [0, 0.05) is 27.5 Å². The zero-order valence-corrected chi connectivity index (χ0v) is 17.9. The Hall–Kier alpha value is -2.27. The van der Waals surface area contributed by atoms with Crippen molar-refractivity contribution in [1.29, 1.82) is 0 Å². The highest BCUT2D eigenvalue weighted by atomic mass is 35.5. The number of amides is 1. The van der Waals surface area contributed by atoms with Crippen LogP contribution in [0.3, 0.4) is 0 Å². The van der Waals surface area contributed by atoms with E-state index in [9.17, 15) is 9.59 Å². The second kappa shape index (κ2) is 10.5. The lowest BCUT2D eigenvalue weighted by molar-refractivity contribution is -0.116. The van der Waals surface area contributed by atoms with E-state index in [2.05, 4.69) is 5.32 Å². The number of hydrogen-bond acceptors (Lipinski definition) is 3. The van der Waals surface area contributed by atoms with Crippen molar-refractivity contribution in [3.8, 4) is 0 Å². The quantitative estimate of drug-likeness (QED) is 0.238. The van der Waals surface area contributed by atoms with Gasteiger partial charge in [0.2, 0.25) is 5.91 Å². The Morgan fingerprint density at radius 2 is 1.59 bits per heavy atom.